The molecule has 0 fully saturated rings. The second kappa shape index (κ2) is 5.92. The van der Waals surface area contributed by atoms with Crippen LogP contribution in [0.4, 0.5) is 4.79 Å². The van der Waals surface area contributed by atoms with Crippen molar-refractivity contribution in [2.24, 2.45) is 0 Å². The fraction of sp³-hybridized carbons (Fsp3) is 0.462. The Kier molecular flexibility index (Phi) is 4.82. The molecule has 3 nitrogen and oxygen atoms in total. The molecule has 0 bridgehead atoms. The molecule has 1 rings (SSSR count). The highest BCUT2D eigenvalue weighted by Crippen LogP contribution is 2.09. The molecule has 2 N–H and O–H groups in total. The Morgan fingerprint density at radius 2 is 1.82 bits per heavy atom. The molecule has 0 aliphatic carbocycles. The van der Waals surface area contributed by atoms with Crippen LogP contribution in [0.25, 0.3) is 0 Å². The lowest BCUT2D eigenvalue weighted by molar-refractivity contribution is 0.232. The van der Waals surface area contributed by atoms with Gasteiger partial charge in [0.05, 0.1) is 0 Å². The predicted molar refractivity (Wildman–Crippen MR) is 71.4 cm³/mol. The maximum absolute atomic E-state index is 11.5. The Morgan fingerprint density at radius 1 is 1.24 bits per heavy atom. The van der Waals surface area contributed by atoms with Crippen LogP contribution in [0.5, 0.6) is 0 Å². The van der Waals surface area contributed by atoms with Crippen molar-refractivity contribution in [1.82, 2.24) is 10.6 Å². The van der Waals surface area contributed by atoms with Crippen molar-refractivity contribution in [3.05, 3.63) is 34.9 Å². The molecule has 94 valence electrons. The Balaban J connectivity index is 2.28. The summed E-state index contributed by atoms with van der Waals surface area (Å²) in [5.41, 5.74) is 0.954. The molecule has 0 heterocycles. The van der Waals surface area contributed by atoms with Gasteiger partial charge in [-0.05, 0) is 44.9 Å². The molecule has 0 aromatic heterocycles. The molecule has 0 unspecified atom stereocenters. The molecule has 0 aliphatic heterocycles. The smallest absolute Gasteiger partial charge is 0.315 e. The molecule has 0 spiro atoms. The summed E-state index contributed by atoms with van der Waals surface area (Å²) < 4.78 is 0. The van der Waals surface area contributed by atoms with Gasteiger partial charge in [-0.3, -0.25) is 0 Å². The molecular formula is C13H19ClN2O. The Hall–Kier alpha value is -1.22. The lowest BCUT2D eigenvalue weighted by Gasteiger charge is -2.20. The Bertz CT molecular complexity index is 368. The number of carbonyl (C=O) groups excluding carboxylic acids is 1. The summed E-state index contributed by atoms with van der Waals surface area (Å²) >= 11 is 5.79. The minimum atomic E-state index is -0.204. The zero-order valence-corrected chi connectivity index (χ0v) is 11.3. The van der Waals surface area contributed by atoms with Gasteiger partial charge in [-0.15, -0.1) is 0 Å². The van der Waals surface area contributed by atoms with Crippen LogP contribution < -0.4 is 10.6 Å². The van der Waals surface area contributed by atoms with Gasteiger partial charge in [0, 0.05) is 17.1 Å². The van der Waals surface area contributed by atoms with Gasteiger partial charge in [0.25, 0.3) is 0 Å². The van der Waals surface area contributed by atoms with Gasteiger partial charge in [0.1, 0.15) is 0 Å². The van der Waals surface area contributed by atoms with Crippen LogP contribution in [0.2, 0.25) is 5.02 Å². The normalized spacial score (nSPS) is 11.1. The van der Waals surface area contributed by atoms with Crippen molar-refractivity contribution >= 4 is 17.6 Å². The van der Waals surface area contributed by atoms with E-state index in [0.717, 1.165) is 17.0 Å². The van der Waals surface area contributed by atoms with E-state index in [1.807, 2.05) is 45.0 Å². The van der Waals surface area contributed by atoms with Crippen LogP contribution in [-0.4, -0.2) is 18.1 Å². The van der Waals surface area contributed by atoms with Gasteiger partial charge in [-0.25, -0.2) is 4.79 Å². The van der Waals surface area contributed by atoms with E-state index in [2.05, 4.69) is 10.6 Å². The van der Waals surface area contributed by atoms with Gasteiger partial charge in [-0.1, -0.05) is 23.7 Å². The molecule has 0 saturated heterocycles. The number of hydrogen-bond donors (Lipinski definition) is 2. The molecular weight excluding hydrogens is 236 g/mol. The Morgan fingerprint density at radius 3 is 2.35 bits per heavy atom. The molecule has 4 heteroatoms. The first-order chi connectivity index (χ1) is 7.87. The van der Waals surface area contributed by atoms with Crippen molar-refractivity contribution in [3.63, 3.8) is 0 Å². The van der Waals surface area contributed by atoms with Crippen molar-refractivity contribution in [3.8, 4) is 0 Å². The second-order valence-corrected chi connectivity index (χ2v) is 5.44. The van der Waals surface area contributed by atoms with Crippen molar-refractivity contribution in [1.29, 1.82) is 0 Å². The largest absolute Gasteiger partial charge is 0.338 e. The molecule has 0 radical (unpaired) electrons. The highest BCUT2D eigenvalue weighted by molar-refractivity contribution is 6.30. The molecule has 0 atom stereocenters. The molecule has 17 heavy (non-hydrogen) atoms. The van der Waals surface area contributed by atoms with Gasteiger partial charge in [0.2, 0.25) is 0 Å². The first-order valence-electron chi connectivity index (χ1n) is 5.67. The molecule has 1 aromatic carbocycles. The number of hydrogen-bond acceptors (Lipinski definition) is 1. The van der Waals surface area contributed by atoms with Crippen LogP contribution >= 0.6 is 11.6 Å². The summed E-state index contributed by atoms with van der Waals surface area (Å²) in [7, 11) is 0. The van der Waals surface area contributed by atoms with Gasteiger partial charge in [-0.2, -0.15) is 0 Å². The third-order valence-electron chi connectivity index (χ3n) is 2.10. The minimum absolute atomic E-state index is 0.133. The number of benzene rings is 1. The van der Waals surface area contributed by atoms with Crippen LogP contribution in [0.1, 0.15) is 26.3 Å². The van der Waals surface area contributed by atoms with Crippen LogP contribution in [0, 0.1) is 0 Å². The third kappa shape index (κ3) is 6.17. The summed E-state index contributed by atoms with van der Waals surface area (Å²) in [6.45, 7) is 6.47. The number of urea groups is 1. The van der Waals surface area contributed by atoms with E-state index in [1.165, 1.54) is 0 Å². The fourth-order valence-corrected chi connectivity index (χ4v) is 1.48. The van der Waals surface area contributed by atoms with Crippen LogP contribution in [0.3, 0.4) is 0 Å². The summed E-state index contributed by atoms with van der Waals surface area (Å²) in [5.74, 6) is 0. The first kappa shape index (κ1) is 13.8. The summed E-state index contributed by atoms with van der Waals surface area (Å²) in [6, 6.07) is 7.50. The standard InChI is InChI=1S/C13H19ClN2O/c1-13(2,3)16-12(17)15-9-8-10-4-6-11(14)7-5-10/h4-7H,8-9H2,1-3H3,(H2,15,16,17). The average molecular weight is 255 g/mol. The van der Waals surface area contributed by atoms with Gasteiger partial charge >= 0.3 is 6.03 Å². The average Bonchev–Trinajstić information content (AvgIpc) is 2.18. The maximum Gasteiger partial charge on any atom is 0.315 e. The topological polar surface area (TPSA) is 41.1 Å². The van der Waals surface area contributed by atoms with E-state index in [4.69, 9.17) is 11.6 Å². The van der Waals surface area contributed by atoms with Gasteiger partial charge in [0.15, 0.2) is 0 Å². The monoisotopic (exact) mass is 254 g/mol. The van der Waals surface area contributed by atoms with E-state index in [-0.39, 0.29) is 11.6 Å². The van der Waals surface area contributed by atoms with Crippen molar-refractivity contribution < 1.29 is 4.79 Å². The van der Waals surface area contributed by atoms with Gasteiger partial charge < -0.3 is 10.6 Å². The molecule has 0 saturated carbocycles. The zero-order chi connectivity index (χ0) is 12.9. The van der Waals surface area contributed by atoms with Crippen LogP contribution in [-0.2, 0) is 6.42 Å². The summed E-state index contributed by atoms with van der Waals surface area (Å²) in [6.07, 6.45) is 0.800. The zero-order valence-electron chi connectivity index (χ0n) is 10.5. The lowest BCUT2D eigenvalue weighted by Crippen LogP contribution is -2.46. The SMILES string of the molecule is CC(C)(C)NC(=O)NCCc1ccc(Cl)cc1. The second-order valence-electron chi connectivity index (χ2n) is 5.01. The lowest BCUT2D eigenvalue weighted by atomic mass is 10.1. The fourth-order valence-electron chi connectivity index (χ4n) is 1.36. The van der Waals surface area contributed by atoms with E-state index in [9.17, 15) is 4.79 Å². The number of rotatable bonds is 3. The molecule has 1 aromatic rings. The number of nitrogens with one attached hydrogen (secondary N) is 2. The Labute approximate surface area is 108 Å². The van der Waals surface area contributed by atoms with Crippen molar-refractivity contribution in [2.45, 2.75) is 32.7 Å². The van der Waals surface area contributed by atoms with E-state index >= 15 is 0 Å². The summed E-state index contributed by atoms with van der Waals surface area (Å²) in [5, 5.41) is 6.39. The van der Waals surface area contributed by atoms with Crippen LogP contribution in [0.15, 0.2) is 24.3 Å². The maximum atomic E-state index is 11.5. The molecule has 2 amide bonds. The summed E-state index contributed by atoms with van der Waals surface area (Å²) in [4.78, 5) is 11.5. The van der Waals surface area contributed by atoms with E-state index < -0.39 is 0 Å². The highest BCUT2D eigenvalue weighted by Gasteiger charge is 2.12. The third-order valence-corrected chi connectivity index (χ3v) is 2.35. The predicted octanol–water partition coefficient (Wildman–Crippen LogP) is 2.98. The van der Waals surface area contributed by atoms with E-state index in [1.54, 1.807) is 0 Å². The first-order valence-corrected chi connectivity index (χ1v) is 6.05. The van der Waals surface area contributed by atoms with Crippen molar-refractivity contribution in [2.75, 3.05) is 6.54 Å². The number of carbonyl (C=O) groups is 1. The minimum Gasteiger partial charge on any atom is -0.338 e. The number of amides is 2. The highest BCUT2D eigenvalue weighted by atomic mass is 35.5. The quantitative estimate of drug-likeness (QED) is 0.856. The van der Waals surface area contributed by atoms with E-state index in [0.29, 0.717) is 6.54 Å². The molecule has 0 aliphatic rings. The number of halogens is 1.